The van der Waals surface area contributed by atoms with E-state index < -0.39 is 11.7 Å². The van der Waals surface area contributed by atoms with Crippen LogP contribution in [0.4, 0.5) is 16.2 Å². The summed E-state index contributed by atoms with van der Waals surface area (Å²) in [6.07, 6.45) is -0.513. The molecule has 0 spiro atoms. The third-order valence-corrected chi connectivity index (χ3v) is 2.69. The number of nitrogens with two attached hydrogens (primary N) is 1. The van der Waals surface area contributed by atoms with E-state index in [9.17, 15) is 9.59 Å². The van der Waals surface area contributed by atoms with Crippen molar-refractivity contribution < 1.29 is 23.8 Å². The van der Waals surface area contributed by atoms with Crippen molar-refractivity contribution in [2.75, 3.05) is 30.9 Å². The van der Waals surface area contributed by atoms with Gasteiger partial charge in [-0.3, -0.25) is 9.69 Å². The maximum atomic E-state index is 12.1. The van der Waals surface area contributed by atoms with Gasteiger partial charge in [0.25, 0.3) is 0 Å². The van der Waals surface area contributed by atoms with Gasteiger partial charge in [-0.1, -0.05) is 0 Å². The van der Waals surface area contributed by atoms with E-state index in [0.29, 0.717) is 17.1 Å². The van der Waals surface area contributed by atoms with Crippen LogP contribution in [0.25, 0.3) is 0 Å². The van der Waals surface area contributed by atoms with Crippen molar-refractivity contribution in [1.29, 1.82) is 0 Å². The standard InChI is InChI=1S/C16H24N2O5/c1-11(19)21-8-9-22-12-6-7-13(17)14(10-12)18(5)15(20)23-16(2,3)4/h6-7,10H,8-9,17H2,1-5H3. The topological polar surface area (TPSA) is 91.1 Å². The average molecular weight is 324 g/mol. The second-order valence-electron chi connectivity index (χ2n) is 5.95. The van der Waals surface area contributed by atoms with E-state index in [-0.39, 0.29) is 19.2 Å². The smallest absolute Gasteiger partial charge is 0.414 e. The Labute approximate surface area is 136 Å². The summed E-state index contributed by atoms with van der Waals surface area (Å²) in [5.74, 6) is 0.146. The molecule has 0 bridgehead atoms. The average Bonchev–Trinajstić information content (AvgIpc) is 2.42. The third-order valence-electron chi connectivity index (χ3n) is 2.69. The number of anilines is 2. The number of nitrogen functional groups attached to an aromatic ring is 1. The molecule has 7 nitrogen and oxygen atoms in total. The number of carbonyl (C=O) groups excluding carboxylic acids is 2. The van der Waals surface area contributed by atoms with E-state index in [0.717, 1.165) is 0 Å². The van der Waals surface area contributed by atoms with Crippen molar-refractivity contribution >= 4 is 23.4 Å². The van der Waals surface area contributed by atoms with Gasteiger partial charge in [-0.2, -0.15) is 0 Å². The molecule has 0 radical (unpaired) electrons. The van der Waals surface area contributed by atoms with E-state index in [2.05, 4.69) is 0 Å². The van der Waals surface area contributed by atoms with Crippen LogP contribution in [0.2, 0.25) is 0 Å². The van der Waals surface area contributed by atoms with Gasteiger partial charge in [0.15, 0.2) is 0 Å². The predicted molar refractivity (Wildman–Crippen MR) is 87.6 cm³/mol. The van der Waals surface area contributed by atoms with Gasteiger partial charge in [-0.25, -0.2) is 4.79 Å². The lowest BCUT2D eigenvalue weighted by Gasteiger charge is -2.25. The molecule has 2 N–H and O–H groups in total. The lowest BCUT2D eigenvalue weighted by Crippen LogP contribution is -2.34. The Morgan fingerprint density at radius 2 is 1.87 bits per heavy atom. The molecule has 0 atom stereocenters. The SMILES string of the molecule is CC(=O)OCCOc1ccc(N)c(N(C)C(=O)OC(C)(C)C)c1. The third kappa shape index (κ3) is 6.46. The maximum absolute atomic E-state index is 12.1. The monoisotopic (exact) mass is 324 g/mol. The van der Waals surface area contributed by atoms with Crippen LogP contribution in [0.3, 0.4) is 0 Å². The Morgan fingerprint density at radius 3 is 2.43 bits per heavy atom. The summed E-state index contributed by atoms with van der Waals surface area (Å²) in [7, 11) is 1.57. The molecule has 0 aliphatic rings. The molecule has 0 aliphatic carbocycles. The van der Waals surface area contributed by atoms with E-state index in [4.69, 9.17) is 19.9 Å². The van der Waals surface area contributed by atoms with E-state index >= 15 is 0 Å². The number of amides is 1. The zero-order chi connectivity index (χ0) is 17.6. The minimum Gasteiger partial charge on any atom is -0.490 e. The highest BCUT2D eigenvalue weighted by Gasteiger charge is 2.22. The second kappa shape index (κ2) is 7.71. The van der Waals surface area contributed by atoms with Gasteiger partial charge in [0.2, 0.25) is 0 Å². The van der Waals surface area contributed by atoms with Crippen molar-refractivity contribution in [3.05, 3.63) is 18.2 Å². The fourth-order valence-electron chi connectivity index (χ4n) is 1.68. The molecule has 1 aromatic rings. The molecule has 0 saturated carbocycles. The van der Waals surface area contributed by atoms with Crippen LogP contribution < -0.4 is 15.4 Å². The van der Waals surface area contributed by atoms with Crippen LogP contribution in [-0.4, -0.2) is 37.9 Å². The van der Waals surface area contributed by atoms with Crippen molar-refractivity contribution in [3.8, 4) is 5.75 Å². The van der Waals surface area contributed by atoms with E-state index in [1.807, 2.05) is 0 Å². The fraction of sp³-hybridized carbons (Fsp3) is 0.500. The highest BCUT2D eigenvalue weighted by Crippen LogP contribution is 2.28. The highest BCUT2D eigenvalue weighted by molar-refractivity contribution is 5.91. The number of carbonyl (C=O) groups is 2. The molecular weight excluding hydrogens is 300 g/mol. The Morgan fingerprint density at radius 1 is 1.22 bits per heavy atom. The number of nitrogens with zero attached hydrogens (tertiary/aromatic N) is 1. The van der Waals surface area contributed by atoms with Gasteiger partial charge in [0, 0.05) is 20.0 Å². The summed E-state index contributed by atoms with van der Waals surface area (Å²) in [4.78, 5) is 24.1. The van der Waals surface area contributed by atoms with Crippen LogP contribution in [-0.2, 0) is 14.3 Å². The lowest BCUT2D eigenvalue weighted by molar-refractivity contribution is -0.141. The molecule has 0 unspecified atom stereocenters. The molecule has 0 heterocycles. The van der Waals surface area contributed by atoms with E-state index in [1.54, 1.807) is 46.0 Å². The Bertz CT molecular complexity index is 566. The summed E-state index contributed by atoms with van der Waals surface area (Å²) in [5, 5.41) is 0. The van der Waals surface area contributed by atoms with Crippen molar-refractivity contribution in [3.63, 3.8) is 0 Å². The summed E-state index contributed by atoms with van der Waals surface area (Å²) in [5.41, 5.74) is 6.21. The van der Waals surface area contributed by atoms with Crippen LogP contribution in [0.15, 0.2) is 18.2 Å². The van der Waals surface area contributed by atoms with Crippen LogP contribution in [0, 0.1) is 0 Å². The minimum atomic E-state index is -0.599. The number of esters is 1. The molecule has 0 aliphatic heterocycles. The molecule has 1 rings (SSSR count). The molecule has 0 fully saturated rings. The van der Waals surface area contributed by atoms with Crippen LogP contribution >= 0.6 is 0 Å². The first-order valence-electron chi connectivity index (χ1n) is 7.22. The number of rotatable bonds is 5. The van der Waals surface area contributed by atoms with Gasteiger partial charge in [-0.15, -0.1) is 0 Å². The number of hydrogen-bond donors (Lipinski definition) is 1. The number of benzene rings is 1. The molecule has 0 saturated heterocycles. The predicted octanol–water partition coefficient (Wildman–Crippen LogP) is 2.58. The summed E-state index contributed by atoms with van der Waals surface area (Å²) in [6, 6.07) is 4.94. The Hall–Kier alpha value is -2.44. The maximum Gasteiger partial charge on any atom is 0.414 e. The fourth-order valence-corrected chi connectivity index (χ4v) is 1.68. The van der Waals surface area contributed by atoms with Crippen LogP contribution in [0.1, 0.15) is 27.7 Å². The highest BCUT2D eigenvalue weighted by atomic mass is 16.6. The first-order chi connectivity index (χ1) is 10.6. The summed E-state index contributed by atoms with van der Waals surface area (Å²) in [6.45, 7) is 7.05. The second-order valence-corrected chi connectivity index (χ2v) is 5.95. The molecule has 23 heavy (non-hydrogen) atoms. The Balaban J connectivity index is 2.76. The summed E-state index contributed by atoms with van der Waals surface area (Å²) < 4.78 is 15.6. The van der Waals surface area contributed by atoms with Crippen molar-refractivity contribution in [1.82, 2.24) is 0 Å². The number of ether oxygens (including phenoxy) is 3. The van der Waals surface area contributed by atoms with Crippen molar-refractivity contribution in [2.45, 2.75) is 33.3 Å². The molecule has 0 aromatic heterocycles. The molecule has 1 amide bonds. The van der Waals surface area contributed by atoms with E-state index in [1.165, 1.54) is 11.8 Å². The van der Waals surface area contributed by atoms with Gasteiger partial charge < -0.3 is 19.9 Å². The normalized spacial score (nSPS) is 10.8. The molecule has 7 heteroatoms. The van der Waals surface area contributed by atoms with Gasteiger partial charge >= 0.3 is 12.1 Å². The van der Waals surface area contributed by atoms with Crippen LogP contribution in [0.5, 0.6) is 5.75 Å². The van der Waals surface area contributed by atoms with Crippen molar-refractivity contribution in [2.24, 2.45) is 0 Å². The first-order valence-corrected chi connectivity index (χ1v) is 7.22. The lowest BCUT2D eigenvalue weighted by atomic mass is 10.2. The zero-order valence-electron chi connectivity index (χ0n) is 14.2. The molecular formula is C16H24N2O5. The van der Waals surface area contributed by atoms with Gasteiger partial charge in [-0.05, 0) is 32.9 Å². The first kappa shape index (κ1) is 18.6. The Kier molecular flexibility index (Phi) is 6.24. The van der Waals surface area contributed by atoms with Gasteiger partial charge in [0.1, 0.15) is 24.6 Å². The molecule has 128 valence electrons. The quantitative estimate of drug-likeness (QED) is 0.508. The zero-order valence-corrected chi connectivity index (χ0v) is 14.2. The largest absolute Gasteiger partial charge is 0.490 e. The molecule has 1 aromatic carbocycles. The number of hydrogen-bond acceptors (Lipinski definition) is 6. The summed E-state index contributed by atoms with van der Waals surface area (Å²) >= 11 is 0. The van der Waals surface area contributed by atoms with Gasteiger partial charge in [0.05, 0.1) is 11.4 Å². The minimum absolute atomic E-state index is 0.150.